The minimum Gasteiger partial charge on any atom is -0.395 e. The zero-order chi connectivity index (χ0) is 21.1. The second kappa shape index (κ2) is 8.84. The van der Waals surface area contributed by atoms with Crippen LogP contribution in [0.2, 0.25) is 0 Å². The van der Waals surface area contributed by atoms with Gasteiger partial charge in [0.05, 0.1) is 12.9 Å². The van der Waals surface area contributed by atoms with Gasteiger partial charge in [-0.05, 0) is 12.1 Å². The van der Waals surface area contributed by atoms with Gasteiger partial charge in [0.1, 0.15) is 0 Å². The van der Waals surface area contributed by atoms with E-state index < -0.39 is 10.0 Å². The van der Waals surface area contributed by atoms with Crippen LogP contribution in [-0.2, 0) is 17.1 Å². The van der Waals surface area contributed by atoms with Crippen LogP contribution in [0.15, 0.2) is 29.7 Å². The van der Waals surface area contributed by atoms with Crippen LogP contribution in [0, 0.1) is 0 Å². The number of aliphatic hydroxyl groups is 1. The SMILES string of the molecule is Cn1cnc(S(=O)(=O)N2CCN(c3ccc(N4CCN(CCO)CC4)nn3)CC2)c1. The molecule has 0 unspecified atom stereocenters. The first-order valence-corrected chi connectivity index (χ1v) is 11.6. The number of imidazole rings is 1. The summed E-state index contributed by atoms with van der Waals surface area (Å²) in [5, 5.41) is 17.9. The first kappa shape index (κ1) is 21.0. The minimum absolute atomic E-state index is 0.0849. The zero-order valence-electron chi connectivity index (χ0n) is 17.1. The van der Waals surface area contributed by atoms with Crippen molar-refractivity contribution in [3.8, 4) is 0 Å². The van der Waals surface area contributed by atoms with Crippen LogP contribution in [0.1, 0.15) is 0 Å². The number of rotatable bonds is 6. The van der Waals surface area contributed by atoms with Gasteiger partial charge in [-0.2, -0.15) is 4.31 Å². The summed E-state index contributed by atoms with van der Waals surface area (Å²) in [6.45, 7) is 6.29. The van der Waals surface area contributed by atoms with Crippen LogP contribution in [0.3, 0.4) is 0 Å². The van der Waals surface area contributed by atoms with E-state index in [1.165, 1.54) is 16.8 Å². The van der Waals surface area contributed by atoms with E-state index in [0.29, 0.717) is 32.7 Å². The monoisotopic (exact) mass is 436 g/mol. The van der Waals surface area contributed by atoms with Crippen LogP contribution >= 0.6 is 0 Å². The van der Waals surface area contributed by atoms with Gasteiger partial charge in [0.15, 0.2) is 16.7 Å². The van der Waals surface area contributed by atoms with E-state index >= 15 is 0 Å². The maximum absolute atomic E-state index is 12.7. The average molecular weight is 437 g/mol. The highest BCUT2D eigenvalue weighted by Gasteiger charge is 2.30. The summed E-state index contributed by atoms with van der Waals surface area (Å²) in [6.07, 6.45) is 3.02. The molecule has 30 heavy (non-hydrogen) atoms. The first-order chi connectivity index (χ1) is 14.5. The molecule has 1 N–H and O–H groups in total. The maximum Gasteiger partial charge on any atom is 0.262 e. The molecule has 2 saturated heterocycles. The van der Waals surface area contributed by atoms with Crippen molar-refractivity contribution in [1.29, 1.82) is 0 Å². The normalized spacial score (nSPS) is 19.4. The number of nitrogens with zero attached hydrogens (tertiary/aromatic N) is 8. The molecule has 2 aliphatic rings. The molecule has 12 heteroatoms. The van der Waals surface area contributed by atoms with Crippen LogP contribution in [0.4, 0.5) is 11.6 Å². The summed E-state index contributed by atoms with van der Waals surface area (Å²) in [5.41, 5.74) is 0. The fourth-order valence-electron chi connectivity index (χ4n) is 3.81. The van der Waals surface area contributed by atoms with Crippen molar-refractivity contribution in [2.45, 2.75) is 5.03 Å². The van der Waals surface area contributed by atoms with E-state index in [-0.39, 0.29) is 11.6 Å². The smallest absolute Gasteiger partial charge is 0.262 e. The number of aliphatic hydroxyl groups excluding tert-OH is 1. The van der Waals surface area contributed by atoms with Crippen LogP contribution < -0.4 is 9.80 Å². The summed E-state index contributed by atoms with van der Waals surface area (Å²) in [6, 6.07) is 3.92. The Bertz CT molecular complexity index is 933. The van der Waals surface area contributed by atoms with Crippen molar-refractivity contribution in [3.63, 3.8) is 0 Å². The molecule has 2 aromatic heterocycles. The van der Waals surface area contributed by atoms with Crippen molar-refractivity contribution in [1.82, 2.24) is 29.0 Å². The molecule has 4 rings (SSSR count). The van der Waals surface area contributed by atoms with Crippen molar-refractivity contribution in [3.05, 3.63) is 24.7 Å². The number of anilines is 2. The van der Waals surface area contributed by atoms with Gasteiger partial charge < -0.3 is 19.5 Å². The van der Waals surface area contributed by atoms with Crippen LogP contribution in [0.5, 0.6) is 0 Å². The lowest BCUT2D eigenvalue weighted by Crippen LogP contribution is -2.49. The van der Waals surface area contributed by atoms with Gasteiger partial charge in [-0.3, -0.25) is 4.90 Å². The second-order valence-electron chi connectivity index (χ2n) is 7.57. The highest BCUT2D eigenvalue weighted by atomic mass is 32.2. The lowest BCUT2D eigenvalue weighted by atomic mass is 10.3. The van der Waals surface area contributed by atoms with Gasteiger partial charge in [0.2, 0.25) is 0 Å². The predicted octanol–water partition coefficient (Wildman–Crippen LogP) is -1.16. The van der Waals surface area contributed by atoms with Crippen molar-refractivity contribution >= 4 is 21.7 Å². The molecule has 0 bridgehead atoms. The number of aryl methyl sites for hydroxylation is 1. The van der Waals surface area contributed by atoms with E-state index in [4.69, 9.17) is 5.11 Å². The van der Waals surface area contributed by atoms with Gasteiger partial charge in [0.25, 0.3) is 10.0 Å². The fraction of sp³-hybridized carbons (Fsp3) is 0.611. The molecule has 2 aliphatic heterocycles. The highest BCUT2D eigenvalue weighted by Crippen LogP contribution is 2.20. The molecule has 164 valence electrons. The number of hydrogen-bond donors (Lipinski definition) is 1. The van der Waals surface area contributed by atoms with E-state index in [1.807, 2.05) is 12.1 Å². The van der Waals surface area contributed by atoms with Crippen molar-refractivity contribution in [2.75, 3.05) is 75.3 Å². The van der Waals surface area contributed by atoms with Crippen LogP contribution in [0.25, 0.3) is 0 Å². The molecule has 4 heterocycles. The predicted molar refractivity (Wildman–Crippen MR) is 112 cm³/mol. The number of sulfonamides is 1. The molecule has 0 saturated carbocycles. The van der Waals surface area contributed by atoms with Gasteiger partial charge in [-0.15, -0.1) is 10.2 Å². The topological polar surface area (TPSA) is 111 Å². The minimum atomic E-state index is -3.56. The molecule has 11 nitrogen and oxygen atoms in total. The molecule has 0 aliphatic carbocycles. The molecule has 2 aromatic rings. The Balaban J connectivity index is 1.33. The standard InChI is InChI=1S/C18H28N8O3S/c1-22-14-18(19-15-22)30(28,29)26-10-8-25(9-11-26)17-3-2-16(20-21-17)24-6-4-23(5-7-24)12-13-27/h2-3,14-15,27H,4-13H2,1H3. The van der Waals surface area contributed by atoms with Gasteiger partial charge in [-0.1, -0.05) is 0 Å². The second-order valence-corrected chi connectivity index (χ2v) is 9.46. The quantitative estimate of drug-likeness (QED) is 0.599. The molecule has 0 aromatic carbocycles. The lowest BCUT2D eigenvalue weighted by Gasteiger charge is -2.35. The summed E-state index contributed by atoms with van der Waals surface area (Å²) in [7, 11) is -1.81. The fourth-order valence-corrected chi connectivity index (χ4v) is 5.20. The molecular formula is C18H28N8O3S. The van der Waals surface area contributed by atoms with E-state index in [1.54, 1.807) is 11.6 Å². The summed E-state index contributed by atoms with van der Waals surface area (Å²) in [5.74, 6) is 1.60. The Kier molecular flexibility index (Phi) is 6.18. The molecule has 2 fully saturated rings. The number of piperazine rings is 2. The maximum atomic E-state index is 12.7. The Labute approximate surface area is 176 Å². The molecule has 0 atom stereocenters. The number of aromatic nitrogens is 4. The lowest BCUT2D eigenvalue weighted by molar-refractivity contribution is 0.188. The summed E-state index contributed by atoms with van der Waals surface area (Å²) < 4.78 is 28.5. The van der Waals surface area contributed by atoms with Crippen molar-refractivity contribution < 1.29 is 13.5 Å². The molecule has 0 spiro atoms. The van der Waals surface area contributed by atoms with Gasteiger partial charge >= 0.3 is 0 Å². The molecular weight excluding hydrogens is 408 g/mol. The van der Waals surface area contributed by atoms with E-state index in [0.717, 1.165) is 37.8 Å². The number of β-amino-alcohol motifs (C(OH)–C–C–N with tert-alkyl or cyclic N) is 1. The van der Waals surface area contributed by atoms with E-state index in [9.17, 15) is 8.42 Å². The van der Waals surface area contributed by atoms with E-state index in [2.05, 4.69) is 29.9 Å². The Morgan fingerprint density at radius 1 is 0.933 bits per heavy atom. The Hall–Kier alpha value is -2.28. The largest absolute Gasteiger partial charge is 0.395 e. The Morgan fingerprint density at radius 2 is 1.50 bits per heavy atom. The summed E-state index contributed by atoms with van der Waals surface area (Å²) in [4.78, 5) is 10.5. The molecule has 0 radical (unpaired) electrons. The highest BCUT2D eigenvalue weighted by molar-refractivity contribution is 7.89. The first-order valence-electron chi connectivity index (χ1n) is 10.1. The van der Waals surface area contributed by atoms with Gasteiger partial charge in [-0.25, -0.2) is 13.4 Å². The zero-order valence-corrected chi connectivity index (χ0v) is 17.9. The van der Waals surface area contributed by atoms with Crippen molar-refractivity contribution in [2.24, 2.45) is 7.05 Å². The Morgan fingerprint density at radius 3 is 1.97 bits per heavy atom. The third-order valence-electron chi connectivity index (χ3n) is 5.60. The summed E-state index contributed by atoms with van der Waals surface area (Å²) >= 11 is 0. The number of hydrogen-bond acceptors (Lipinski definition) is 9. The average Bonchev–Trinajstić information content (AvgIpc) is 3.22. The van der Waals surface area contributed by atoms with Gasteiger partial charge in [0, 0.05) is 72.1 Å². The van der Waals surface area contributed by atoms with Crippen LogP contribution in [-0.4, -0.2) is 108 Å². The third-order valence-corrected chi connectivity index (χ3v) is 7.38. The molecule has 0 amide bonds. The third kappa shape index (κ3) is 4.41.